The molecular weight excluding hydrogens is 1010 g/mol. The van der Waals surface area contributed by atoms with E-state index in [0.29, 0.717) is 49.6 Å². The predicted octanol–water partition coefficient (Wildman–Crippen LogP) is 10.2. The van der Waals surface area contributed by atoms with Gasteiger partial charge in [-0.05, 0) is 128 Å². The zero-order valence-corrected chi connectivity index (χ0v) is 45.9. The number of likely N-dealkylation sites (tertiary alicyclic amines) is 1. The van der Waals surface area contributed by atoms with E-state index in [0.717, 1.165) is 88.7 Å². The first-order chi connectivity index (χ1) is 37.6. The van der Waals surface area contributed by atoms with Crippen LogP contribution in [-0.4, -0.2) is 123 Å². The first kappa shape index (κ1) is 53.7. The number of ether oxygens (including phenoxy) is 3. The van der Waals surface area contributed by atoms with Crippen LogP contribution in [0.3, 0.4) is 0 Å². The Morgan fingerprint density at radius 3 is 2.44 bits per heavy atom. The summed E-state index contributed by atoms with van der Waals surface area (Å²) >= 11 is 0. The Balaban J connectivity index is 0.781. The van der Waals surface area contributed by atoms with E-state index in [1.54, 1.807) is 19.4 Å². The van der Waals surface area contributed by atoms with Crippen LogP contribution in [0.15, 0.2) is 102 Å². The average Bonchev–Trinajstić information content (AvgIpc) is 4.22. The number of piperazine rings is 1. The van der Waals surface area contributed by atoms with Gasteiger partial charge >= 0.3 is 0 Å². The zero-order valence-electron chi connectivity index (χ0n) is 45.0. The molecule has 18 heteroatoms. The van der Waals surface area contributed by atoms with Crippen LogP contribution in [0.2, 0.25) is 0 Å². The van der Waals surface area contributed by atoms with Crippen LogP contribution < -0.4 is 30.1 Å². The fraction of sp³-hybridized carbons (Fsp3) is 0.467. The minimum absolute atomic E-state index is 0.0285. The predicted molar refractivity (Wildman–Crippen MR) is 300 cm³/mol. The van der Waals surface area contributed by atoms with Crippen LogP contribution in [0.5, 0.6) is 17.2 Å². The number of fused-ring (bicyclic) bond motifs is 1. The van der Waals surface area contributed by atoms with Crippen molar-refractivity contribution in [3.63, 3.8) is 0 Å². The molecule has 4 aromatic carbocycles. The largest absolute Gasteiger partial charge is 0.496 e. The third kappa shape index (κ3) is 11.6. The first-order valence-electron chi connectivity index (χ1n) is 27.8. The molecule has 15 nitrogen and oxygen atoms in total. The molecule has 5 aliphatic rings. The molecule has 4 saturated heterocycles. The molecule has 0 radical (unpaired) electrons. The smallest absolute Gasteiger partial charge is 0.268 e. The number of aromatic nitrogens is 2. The number of benzene rings is 4. The Bertz CT molecular complexity index is 3240. The summed E-state index contributed by atoms with van der Waals surface area (Å²) in [6, 6.07) is 26.4. The van der Waals surface area contributed by atoms with E-state index in [1.165, 1.54) is 65.6 Å². The van der Waals surface area contributed by atoms with Gasteiger partial charge in [-0.2, -0.15) is 0 Å². The highest BCUT2D eigenvalue weighted by atomic mass is 32.2. The van der Waals surface area contributed by atoms with Gasteiger partial charge in [0, 0.05) is 114 Å². The summed E-state index contributed by atoms with van der Waals surface area (Å²) < 4.78 is 79.0. The molecule has 5 fully saturated rings. The number of H-pyrrole nitrogens is 1. The summed E-state index contributed by atoms with van der Waals surface area (Å²) in [6.07, 6.45) is 10.1. The standard InChI is InChI=1S/C60H73F2N9O6S/c1-40(2)47-8-4-5-9-48(47)54-38-69(36-41-10-13-55(75-3)43(28-41)37-68-20-6-7-21-68)24-25-71(54)44-33-59(34-44)15-22-70(23-16-59)53-32-56(77-45-29-42-14-19-64-57(42)65-35-45)49(31-50(53)61)58(72)67-78(73,74)46-11-12-52(51(63)30-46)66-39-60(62)17-26-76-27-18-60/h4-5,8-14,19,28-32,35,40,44,54,66H,6-7,15-18,20-27,33-34,36-39,63H2,1-3H3,(H,64,65)(H,67,72)/t54-/m0/s1. The monoisotopic (exact) mass is 1090 g/mol. The van der Waals surface area contributed by atoms with E-state index in [4.69, 9.17) is 19.9 Å². The van der Waals surface area contributed by atoms with Crippen LogP contribution in [-0.2, 0) is 27.8 Å². The highest BCUT2D eigenvalue weighted by Gasteiger charge is 2.50. The van der Waals surface area contributed by atoms with E-state index in [9.17, 15) is 13.2 Å². The summed E-state index contributed by atoms with van der Waals surface area (Å²) in [6.45, 7) is 13.3. The maximum atomic E-state index is 16.6. The zero-order chi connectivity index (χ0) is 54.2. The summed E-state index contributed by atoms with van der Waals surface area (Å²) in [5, 5.41) is 3.74. The molecular formula is C60H73F2N9O6S. The molecule has 6 heterocycles. The topological polar surface area (TPSA) is 171 Å². The van der Waals surface area contributed by atoms with Gasteiger partial charge in [-0.15, -0.1) is 0 Å². The van der Waals surface area contributed by atoms with Crippen molar-refractivity contribution in [1.82, 2.24) is 29.4 Å². The first-order valence-corrected chi connectivity index (χ1v) is 29.2. The van der Waals surface area contributed by atoms with Gasteiger partial charge in [0.2, 0.25) is 0 Å². The number of carbonyl (C=O) groups excluding carboxylic acids is 1. The van der Waals surface area contributed by atoms with Gasteiger partial charge in [0.05, 0.1) is 40.8 Å². The molecule has 1 aliphatic carbocycles. The van der Waals surface area contributed by atoms with Crippen molar-refractivity contribution >= 4 is 44.0 Å². The highest BCUT2D eigenvalue weighted by molar-refractivity contribution is 7.90. The van der Waals surface area contributed by atoms with Crippen molar-refractivity contribution in [3.8, 4) is 17.2 Å². The van der Waals surface area contributed by atoms with Crippen LogP contribution in [0.1, 0.15) is 110 Å². The number of rotatable bonds is 17. The summed E-state index contributed by atoms with van der Waals surface area (Å²) in [5.41, 5.74) is 11.2. The second-order valence-electron chi connectivity index (χ2n) is 22.7. The van der Waals surface area contributed by atoms with Crippen molar-refractivity contribution < 1.29 is 36.2 Å². The van der Waals surface area contributed by atoms with E-state index >= 15 is 8.78 Å². The van der Waals surface area contributed by atoms with Crippen LogP contribution >= 0.6 is 0 Å². The molecule has 4 aliphatic heterocycles. The average molecular weight is 1090 g/mol. The second-order valence-corrected chi connectivity index (χ2v) is 24.4. The molecule has 0 bridgehead atoms. The Morgan fingerprint density at radius 2 is 1.68 bits per heavy atom. The maximum Gasteiger partial charge on any atom is 0.268 e. The third-order valence-electron chi connectivity index (χ3n) is 17.2. The number of halogens is 2. The number of carbonyl (C=O) groups is 1. The molecule has 11 rings (SSSR count). The lowest BCUT2D eigenvalue weighted by molar-refractivity contribution is -0.0628. The summed E-state index contributed by atoms with van der Waals surface area (Å²) in [7, 11) is -2.76. The van der Waals surface area contributed by atoms with Crippen LogP contribution in [0.25, 0.3) is 11.0 Å². The molecule has 414 valence electrons. The van der Waals surface area contributed by atoms with Gasteiger partial charge in [0.25, 0.3) is 15.9 Å². The quantitative estimate of drug-likeness (QED) is 0.0637. The Morgan fingerprint density at radius 1 is 0.897 bits per heavy atom. The Labute approximate surface area is 456 Å². The molecule has 2 aromatic heterocycles. The summed E-state index contributed by atoms with van der Waals surface area (Å²) in [4.78, 5) is 31.2. The fourth-order valence-corrected chi connectivity index (χ4v) is 13.8. The lowest BCUT2D eigenvalue weighted by Gasteiger charge is -2.58. The van der Waals surface area contributed by atoms with Crippen molar-refractivity contribution in [1.29, 1.82) is 0 Å². The minimum atomic E-state index is -4.53. The highest BCUT2D eigenvalue weighted by Crippen LogP contribution is 2.54. The number of nitrogens with zero attached hydrogens (tertiary/aromatic N) is 5. The van der Waals surface area contributed by atoms with Crippen molar-refractivity contribution in [2.75, 3.05) is 88.6 Å². The number of nitrogens with two attached hydrogens (primary N) is 1. The van der Waals surface area contributed by atoms with Gasteiger partial charge in [0.15, 0.2) is 0 Å². The molecule has 1 saturated carbocycles. The minimum Gasteiger partial charge on any atom is -0.496 e. The number of piperidine rings is 1. The number of alkyl halides is 1. The molecule has 78 heavy (non-hydrogen) atoms. The van der Waals surface area contributed by atoms with E-state index in [2.05, 4.69) is 91.0 Å². The number of hydrogen-bond donors (Lipinski definition) is 4. The lowest BCUT2D eigenvalue weighted by atomic mass is 9.59. The number of nitrogens with one attached hydrogen (secondary N) is 3. The van der Waals surface area contributed by atoms with Gasteiger partial charge in [-0.1, -0.05) is 44.2 Å². The normalized spacial score (nSPS) is 20.3. The Hall–Kier alpha value is -6.31. The third-order valence-corrected chi connectivity index (χ3v) is 18.6. The van der Waals surface area contributed by atoms with E-state index in [-0.39, 0.29) is 64.2 Å². The van der Waals surface area contributed by atoms with Gasteiger partial charge in [0.1, 0.15) is 34.4 Å². The number of amides is 1. The van der Waals surface area contributed by atoms with Crippen molar-refractivity contribution in [2.45, 2.75) is 107 Å². The SMILES string of the molecule is COc1ccc(CN2CCN(C3CC4(CCN(c5cc(Oc6cnc7[nH]ccc7c6)c(C(=O)NS(=O)(=O)c6ccc(NCC7(F)CCOCC7)c(N)c6)cc5F)CC4)C3)[C@H](c3ccccc3C(C)C)C2)cc1CN1CCCC1. The molecule has 1 amide bonds. The Kier molecular flexibility index (Phi) is 15.4. The second kappa shape index (κ2) is 22.4. The number of pyridine rings is 1. The molecule has 1 spiro atoms. The van der Waals surface area contributed by atoms with Crippen LogP contribution in [0, 0.1) is 11.2 Å². The molecule has 0 unspecified atom stereocenters. The van der Waals surface area contributed by atoms with Crippen molar-refractivity contribution in [3.05, 3.63) is 131 Å². The molecule has 5 N–H and O–H groups in total. The van der Waals surface area contributed by atoms with Crippen LogP contribution in [0.4, 0.5) is 25.8 Å². The van der Waals surface area contributed by atoms with Crippen molar-refractivity contribution in [2.24, 2.45) is 5.41 Å². The lowest BCUT2D eigenvalue weighted by Crippen LogP contribution is -2.60. The number of anilines is 3. The number of hydrogen-bond acceptors (Lipinski definition) is 13. The molecule has 6 aromatic rings. The molecule has 1 atom stereocenters. The number of sulfonamides is 1. The summed E-state index contributed by atoms with van der Waals surface area (Å²) in [5.74, 6) is -0.180. The fourth-order valence-electron chi connectivity index (χ4n) is 12.8. The number of aromatic amines is 1. The van der Waals surface area contributed by atoms with E-state index < -0.39 is 27.4 Å². The van der Waals surface area contributed by atoms with Gasteiger partial charge in [-0.25, -0.2) is 26.9 Å². The van der Waals surface area contributed by atoms with Gasteiger partial charge in [-0.3, -0.25) is 19.5 Å². The maximum absolute atomic E-state index is 16.6. The van der Waals surface area contributed by atoms with Gasteiger partial charge < -0.3 is 35.1 Å². The number of nitrogen functional groups attached to an aromatic ring is 1. The van der Waals surface area contributed by atoms with E-state index in [1.807, 2.05) is 11.0 Å². The number of methoxy groups -OCH3 is 1.